The van der Waals surface area contributed by atoms with Crippen molar-refractivity contribution in [1.82, 2.24) is 0 Å². The molecule has 0 atom stereocenters. The van der Waals surface area contributed by atoms with Crippen molar-refractivity contribution >= 4 is 11.6 Å². The quantitative estimate of drug-likeness (QED) is 0.625. The van der Waals surface area contributed by atoms with E-state index >= 15 is 0 Å². The number of hydrogen-bond acceptors (Lipinski definition) is 3. The summed E-state index contributed by atoms with van der Waals surface area (Å²) in [6.45, 7) is 0. The van der Waals surface area contributed by atoms with Crippen molar-refractivity contribution in [3.8, 4) is 0 Å². The summed E-state index contributed by atoms with van der Waals surface area (Å²) in [5, 5.41) is 0. The zero-order valence-electron chi connectivity index (χ0n) is 7.78. The highest BCUT2D eigenvalue weighted by molar-refractivity contribution is 5.97. The van der Waals surface area contributed by atoms with Crippen molar-refractivity contribution in [3.05, 3.63) is 29.8 Å². The Morgan fingerprint density at radius 2 is 1.77 bits per heavy atom. The van der Waals surface area contributed by atoms with Crippen LogP contribution in [0.5, 0.6) is 0 Å². The smallest absolute Gasteiger partial charge is 0.250 e. The number of nitrogen functional groups attached to an aromatic ring is 1. The van der Waals surface area contributed by atoms with Crippen LogP contribution in [0.3, 0.4) is 0 Å². The predicted molar refractivity (Wildman–Crippen MR) is 52.3 cm³/mol. The first kappa shape index (κ1) is 11.4. The molecule has 72 valence electrons. The molecule has 0 aliphatic rings. The van der Waals surface area contributed by atoms with Crippen molar-refractivity contribution < 1.29 is 9.53 Å². The van der Waals surface area contributed by atoms with Gasteiger partial charge in [0, 0.05) is 19.9 Å². The second-order valence-electron chi connectivity index (χ2n) is 2.36. The lowest BCUT2D eigenvalue weighted by molar-refractivity contribution is 0.100. The highest BCUT2D eigenvalue weighted by Crippen LogP contribution is 2.08. The minimum atomic E-state index is -0.488. The summed E-state index contributed by atoms with van der Waals surface area (Å²) in [7, 11) is 3.25. The Balaban J connectivity index is 0.000000424. The number of hydrogen-bond donors (Lipinski definition) is 2. The molecular weight excluding hydrogens is 168 g/mol. The number of rotatable bonds is 1. The van der Waals surface area contributed by atoms with Gasteiger partial charge in [-0.1, -0.05) is 12.1 Å². The van der Waals surface area contributed by atoms with E-state index in [0.717, 1.165) is 0 Å². The molecule has 0 saturated carbocycles. The van der Waals surface area contributed by atoms with Gasteiger partial charge in [-0.25, -0.2) is 0 Å². The SMILES string of the molecule is COC.NC(=O)c1ccccc1N. The fourth-order valence-electron chi connectivity index (χ4n) is 0.721. The molecule has 0 spiro atoms. The third-order valence-electron chi connectivity index (χ3n) is 1.23. The Hall–Kier alpha value is -1.55. The third kappa shape index (κ3) is 4.12. The Labute approximate surface area is 77.5 Å². The van der Waals surface area contributed by atoms with Crippen molar-refractivity contribution in [3.63, 3.8) is 0 Å². The van der Waals surface area contributed by atoms with E-state index in [1.54, 1.807) is 38.5 Å². The van der Waals surface area contributed by atoms with Gasteiger partial charge in [-0.15, -0.1) is 0 Å². The summed E-state index contributed by atoms with van der Waals surface area (Å²) in [6.07, 6.45) is 0. The van der Waals surface area contributed by atoms with Gasteiger partial charge in [-0.05, 0) is 12.1 Å². The highest BCUT2D eigenvalue weighted by atomic mass is 16.4. The molecule has 0 unspecified atom stereocenters. The van der Waals surface area contributed by atoms with Gasteiger partial charge in [0.05, 0.1) is 5.56 Å². The van der Waals surface area contributed by atoms with Gasteiger partial charge in [0.2, 0.25) is 0 Å². The predicted octanol–water partition coefficient (Wildman–Crippen LogP) is 0.630. The second kappa shape index (κ2) is 6.02. The molecular formula is C9H14N2O2. The van der Waals surface area contributed by atoms with E-state index in [2.05, 4.69) is 4.74 Å². The molecule has 1 amide bonds. The number of ether oxygens (including phenoxy) is 1. The lowest BCUT2D eigenvalue weighted by Gasteiger charge is -1.97. The monoisotopic (exact) mass is 182 g/mol. The number of benzene rings is 1. The average molecular weight is 182 g/mol. The lowest BCUT2D eigenvalue weighted by Crippen LogP contribution is -2.12. The zero-order chi connectivity index (χ0) is 10.3. The molecule has 4 N–H and O–H groups in total. The summed E-state index contributed by atoms with van der Waals surface area (Å²) in [6, 6.07) is 6.70. The molecule has 0 bridgehead atoms. The first-order valence-electron chi connectivity index (χ1n) is 3.68. The second-order valence-corrected chi connectivity index (χ2v) is 2.36. The number of nitrogens with two attached hydrogens (primary N) is 2. The van der Waals surface area contributed by atoms with Crippen LogP contribution < -0.4 is 11.5 Å². The number of amides is 1. The molecule has 4 heteroatoms. The van der Waals surface area contributed by atoms with E-state index in [-0.39, 0.29) is 0 Å². The van der Waals surface area contributed by atoms with Gasteiger partial charge in [0.25, 0.3) is 5.91 Å². The zero-order valence-corrected chi connectivity index (χ0v) is 7.78. The Morgan fingerprint density at radius 3 is 2.08 bits per heavy atom. The molecule has 0 saturated heterocycles. The van der Waals surface area contributed by atoms with E-state index in [1.807, 2.05) is 0 Å². The van der Waals surface area contributed by atoms with E-state index in [9.17, 15) is 4.79 Å². The average Bonchev–Trinajstić information content (AvgIpc) is 2.06. The van der Waals surface area contributed by atoms with E-state index in [4.69, 9.17) is 11.5 Å². The molecule has 0 aliphatic heterocycles. The van der Waals surface area contributed by atoms with Crippen LogP contribution in [0.1, 0.15) is 10.4 Å². The van der Waals surface area contributed by atoms with Crippen LogP contribution >= 0.6 is 0 Å². The van der Waals surface area contributed by atoms with Crippen molar-refractivity contribution in [2.75, 3.05) is 20.0 Å². The van der Waals surface area contributed by atoms with Crippen LogP contribution in [0.15, 0.2) is 24.3 Å². The molecule has 0 fully saturated rings. The maximum atomic E-state index is 10.6. The van der Waals surface area contributed by atoms with Crippen LogP contribution in [0.4, 0.5) is 5.69 Å². The third-order valence-corrected chi connectivity index (χ3v) is 1.23. The fourth-order valence-corrected chi connectivity index (χ4v) is 0.721. The van der Waals surface area contributed by atoms with Gasteiger partial charge in [0.1, 0.15) is 0 Å². The Bertz CT molecular complexity index is 274. The first-order valence-corrected chi connectivity index (χ1v) is 3.68. The summed E-state index contributed by atoms with van der Waals surface area (Å²) in [4.78, 5) is 10.6. The first-order chi connectivity index (χ1) is 6.13. The molecule has 1 aromatic carbocycles. The minimum Gasteiger partial charge on any atom is -0.398 e. The van der Waals surface area contributed by atoms with Gasteiger partial charge in [-0.3, -0.25) is 4.79 Å². The summed E-state index contributed by atoms with van der Waals surface area (Å²) in [5.74, 6) is -0.488. The van der Waals surface area contributed by atoms with Gasteiger partial charge >= 0.3 is 0 Å². The van der Waals surface area contributed by atoms with Crippen LogP contribution in [0.25, 0.3) is 0 Å². The highest BCUT2D eigenvalue weighted by Gasteiger charge is 2.01. The molecule has 0 aliphatic carbocycles. The Kier molecular flexibility index (Phi) is 5.30. The van der Waals surface area contributed by atoms with Crippen LogP contribution in [0, 0.1) is 0 Å². The van der Waals surface area contributed by atoms with Crippen molar-refractivity contribution in [2.24, 2.45) is 5.73 Å². The minimum absolute atomic E-state index is 0.377. The van der Waals surface area contributed by atoms with Crippen LogP contribution in [-0.4, -0.2) is 20.1 Å². The summed E-state index contributed by atoms with van der Waals surface area (Å²) >= 11 is 0. The number of methoxy groups -OCH3 is 1. The van der Waals surface area contributed by atoms with Crippen LogP contribution in [0.2, 0.25) is 0 Å². The molecule has 1 aromatic rings. The molecule has 13 heavy (non-hydrogen) atoms. The number of primary amides is 1. The maximum Gasteiger partial charge on any atom is 0.250 e. The summed E-state index contributed by atoms with van der Waals surface area (Å²) < 4.78 is 4.25. The maximum absolute atomic E-state index is 10.6. The number of anilines is 1. The molecule has 0 heterocycles. The van der Waals surface area contributed by atoms with Crippen molar-refractivity contribution in [2.45, 2.75) is 0 Å². The number of carbonyl (C=O) groups is 1. The van der Waals surface area contributed by atoms with E-state index < -0.39 is 5.91 Å². The largest absolute Gasteiger partial charge is 0.398 e. The summed E-state index contributed by atoms with van der Waals surface area (Å²) in [5.41, 5.74) is 11.2. The number of para-hydroxylation sites is 1. The van der Waals surface area contributed by atoms with Crippen molar-refractivity contribution in [1.29, 1.82) is 0 Å². The normalized spacial score (nSPS) is 8.46. The van der Waals surface area contributed by atoms with E-state index in [0.29, 0.717) is 11.3 Å². The van der Waals surface area contributed by atoms with Gasteiger partial charge < -0.3 is 16.2 Å². The fraction of sp³-hybridized carbons (Fsp3) is 0.222. The molecule has 1 rings (SSSR count). The van der Waals surface area contributed by atoms with Crippen LogP contribution in [-0.2, 0) is 4.74 Å². The Morgan fingerprint density at radius 1 is 1.31 bits per heavy atom. The topological polar surface area (TPSA) is 78.3 Å². The number of carbonyl (C=O) groups excluding carboxylic acids is 1. The molecule has 0 aromatic heterocycles. The van der Waals surface area contributed by atoms with Gasteiger partial charge in [0.15, 0.2) is 0 Å². The lowest BCUT2D eigenvalue weighted by atomic mass is 10.2. The van der Waals surface area contributed by atoms with E-state index in [1.165, 1.54) is 0 Å². The molecule has 4 nitrogen and oxygen atoms in total. The standard InChI is InChI=1S/C7H8N2O.C2H6O/c8-6-4-2-1-3-5(6)7(9)10;1-3-2/h1-4H,8H2,(H2,9,10);1-2H3. The molecule has 0 radical (unpaired) electrons. The van der Waals surface area contributed by atoms with Gasteiger partial charge in [-0.2, -0.15) is 0 Å².